The lowest BCUT2D eigenvalue weighted by Crippen LogP contribution is -2.30. The number of halogens is 1. The largest absolute Gasteiger partial charge is 0.398 e. The molecule has 2 rings (SSSR count). The van der Waals surface area contributed by atoms with Crippen LogP contribution in [0, 0.1) is 0 Å². The maximum absolute atomic E-state index is 12.1. The average Bonchev–Trinajstić information content (AvgIpc) is 2.83. The van der Waals surface area contributed by atoms with Crippen molar-refractivity contribution < 1.29 is 8.42 Å². The molecule has 1 aliphatic rings. The highest BCUT2D eigenvalue weighted by Crippen LogP contribution is 2.27. The molecule has 3 N–H and O–H groups in total. The van der Waals surface area contributed by atoms with Crippen molar-refractivity contribution in [3.63, 3.8) is 0 Å². The second kappa shape index (κ2) is 5.81. The number of anilines is 1. The second-order valence-electron chi connectivity index (χ2n) is 4.17. The molecule has 1 fully saturated rings. The second-order valence-corrected chi connectivity index (χ2v) is 8.23. The summed E-state index contributed by atoms with van der Waals surface area (Å²) in [7, 11) is -3.52. The van der Waals surface area contributed by atoms with Crippen LogP contribution in [-0.2, 0) is 10.0 Å². The van der Waals surface area contributed by atoms with Crippen molar-refractivity contribution in [2.24, 2.45) is 0 Å². The van der Waals surface area contributed by atoms with Crippen LogP contribution in [0.25, 0.3) is 0 Å². The summed E-state index contributed by atoms with van der Waals surface area (Å²) in [5, 5.41) is 0.383. The summed E-state index contributed by atoms with van der Waals surface area (Å²) in [4.78, 5) is 0.139. The molecule has 0 aromatic heterocycles. The standard InChI is InChI=1S/C11H15BrN2O2S2/c12-8-3-4-10(13)11(6-8)18(15,16)14-7-9-2-1-5-17-9/h3-4,6,9,14H,1-2,5,7,13H2. The first-order valence-corrected chi connectivity index (χ1v) is 8.98. The van der Waals surface area contributed by atoms with Gasteiger partial charge < -0.3 is 5.73 Å². The van der Waals surface area contributed by atoms with Crippen LogP contribution < -0.4 is 10.5 Å². The first kappa shape index (κ1) is 14.2. The van der Waals surface area contributed by atoms with Crippen LogP contribution in [0.4, 0.5) is 5.69 Å². The van der Waals surface area contributed by atoms with Gasteiger partial charge in [0, 0.05) is 16.3 Å². The summed E-state index contributed by atoms with van der Waals surface area (Å²) < 4.78 is 27.6. The van der Waals surface area contributed by atoms with E-state index in [1.54, 1.807) is 12.1 Å². The van der Waals surface area contributed by atoms with E-state index in [0.29, 0.717) is 16.3 Å². The monoisotopic (exact) mass is 350 g/mol. The molecular weight excluding hydrogens is 336 g/mol. The molecule has 100 valence electrons. The molecule has 0 aliphatic carbocycles. The third-order valence-corrected chi connectivity index (χ3v) is 6.16. The number of sulfonamides is 1. The first-order valence-electron chi connectivity index (χ1n) is 5.65. The van der Waals surface area contributed by atoms with Crippen molar-refractivity contribution in [1.82, 2.24) is 4.72 Å². The number of hydrogen-bond donors (Lipinski definition) is 2. The lowest BCUT2D eigenvalue weighted by Gasteiger charge is -2.12. The van der Waals surface area contributed by atoms with Crippen LogP contribution in [0.2, 0.25) is 0 Å². The van der Waals surface area contributed by atoms with Crippen LogP contribution in [0.1, 0.15) is 12.8 Å². The van der Waals surface area contributed by atoms with Gasteiger partial charge in [0.2, 0.25) is 10.0 Å². The molecule has 1 aromatic carbocycles. The molecule has 1 saturated heterocycles. The number of rotatable bonds is 4. The molecule has 4 nitrogen and oxygen atoms in total. The zero-order valence-corrected chi connectivity index (χ0v) is 12.9. The van der Waals surface area contributed by atoms with E-state index >= 15 is 0 Å². The third-order valence-electron chi connectivity index (χ3n) is 2.79. The van der Waals surface area contributed by atoms with Crippen molar-refractivity contribution in [1.29, 1.82) is 0 Å². The fraction of sp³-hybridized carbons (Fsp3) is 0.455. The van der Waals surface area contributed by atoms with E-state index in [0.717, 1.165) is 18.6 Å². The number of thioether (sulfide) groups is 1. The van der Waals surface area contributed by atoms with Crippen molar-refractivity contribution in [3.8, 4) is 0 Å². The van der Waals surface area contributed by atoms with E-state index in [9.17, 15) is 8.42 Å². The van der Waals surface area contributed by atoms with Gasteiger partial charge in [0.25, 0.3) is 0 Å². The molecule has 1 atom stereocenters. The summed E-state index contributed by atoms with van der Waals surface area (Å²) in [5.74, 6) is 1.12. The van der Waals surface area contributed by atoms with Crippen LogP contribution in [0.3, 0.4) is 0 Å². The highest BCUT2D eigenvalue weighted by atomic mass is 79.9. The molecule has 1 heterocycles. The Morgan fingerprint density at radius 3 is 2.94 bits per heavy atom. The minimum atomic E-state index is -3.52. The molecule has 0 bridgehead atoms. The maximum atomic E-state index is 12.1. The zero-order valence-electron chi connectivity index (χ0n) is 9.73. The van der Waals surface area contributed by atoms with Gasteiger partial charge in [-0.25, -0.2) is 13.1 Å². The number of nitrogens with two attached hydrogens (primary N) is 1. The molecule has 0 saturated carbocycles. The number of hydrogen-bond acceptors (Lipinski definition) is 4. The van der Waals surface area contributed by atoms with E-state index in [2.05, 4.69) is 20.7 Å². The Labute approximate surface area is 120 Å². The molecule has 1 aliphatic heterocycles. The Morgan fingerprint density at radius 2 is 2.28 bits per heavy atom. The van der Waals surface area contributed by atoms with Gasteiger partial charge in [0.1, 0.15) is 4.90 Å². The summed E-state index contributed by atoms with van der Waals surface area (Å²) in [6, 6.07) is 4.84. The Hall–Kier alpha value is -0.240. The molecule has 18 heavy (non-hydrogen) atoms. The Balaban J connectivity index is 2.12. The lowest BCUT2D eigenvalue weighted by molar-refractivity contribution is 0.579. The van der Waals surface area contributed by atoms with E-state index in [4.69, 9.17) is 5.73 Å². The SMILES string of the molecule is Nc1ccc(Br)cc1S(=O)(=O)NCC1CCCS1. The van der Waals surface area contributed by atoms with Crippen molar-refractivity contribution in [2.75, 3.05) is 18.0 Å². The van der Waals surface area contributed by atoms with E-state index in [-0.39, 0.29) is 10.6 Å². The van der Waals surface area contributed by atoms with Gasteiger partial charge in [-0.15, -0.1) is 0 Å². The third kappa shape index (κ3) is 3.40. The quantitative estimate of drug-likeness (QED) is 0.816. The minimum absolute atomic E-state index is 0.139. The van der Waals surface area contributed by atoms with Gasteiger partial charge in [0.05, 0.1) is 5.69 Å². The van der Waals surface area contributed by atoms with Crippen LogP contribution in [0.15, 0.2) is 27.6 Å². The van der Waals surface area contributed by atoms with Gasteiger partial charge in [-0.2, -0.15) is 11.8 Å². The van der Waals surface area contributed by atoms with Crippen molar-refractivity contribution in [2.45, 2.75) is 23.0 Å². The number of nitrogen functional groups attached to an aromatic ring is 1. The fourth-order valence-corrected chi connectivity index (χ4v) is 4.88. The maximum Gasteiger partial charge on any atom is 0.242 e. The zero-order chi connectivity index (χ0) is 13.2. The van der Waals surface area contributed by atoms with Crippen LogP contribution in [-0.4, -0.2) is 26.0 Å². The van der Waals surface area contributed by atoms with Crippen LogP contribution >= 0.6 is 27.7 Å². The normalized spacial score (nSPS) is 20.2. The molecule has 0 amide bonds. The topological polar surface area (TPSA) is 72.2 Å². The van der Waals surface area contributed by atoms with Crippen molar-refractivity contribution >= 4 is 43.4 Å². The molecule has 0 spiro atoms. The van der Waals surface area contributed by atoms with Crippen molar-refractivity contribution in [3.05, 3.63) is 22.7 Å². The van der Waals surface area contributed by atoms with Gasteiger partial charge in [-0.3, -0.25) is 0 Å². The van der Waals surface area contributed by atoms with E-state index < -0.39 is 10.0 Å². The van der Waals surface area contributed by atoms with Gasteiger partial charge >= 0.3 is 0 Å². The fourth-order valence-electron chi connectivity index (χ4n) is 1.83. The van der Waals surface area contributed by atoms with E-state index in [1.807, 2.05) is 11.8 Å². The number of benzene rings is 1. The summed E-state index contributed by atoms with van der Waals surface area (Å²) in [6.07, 6.45) is 2.23. The molecule has 1 aromatic rings. The Morgan fingerprint density at radius 1 is 1.50 bits per heavy atom. The molecule has 1 unspecified atom stereocenters. The smallest absolute Gasteiger partial charge is 0.242 e. The highest BCUT2D eigenvalue weighted by Gasteiger charge is 2.21. The first-order chi connectivity index (χ1) is 8.49. The lowest BCUT2D eigenvalue weighted by atomic mass is 10.2. The summed E-state index contributed by atoms with van der Waals surface area (Å²) in [6.45, 7) is 0.471. The molecule has 7 heteroatoms. The molecular formula is C11H15BrN2O2S2. The average molecular weight is 351 g/mol. The van der Waals surface area contributed by atoms with Crippen LogP contribution in [0.5, 0.6) is 0 Å². The predicted molar refractivity (Wildman–Crippen MR) is 79.2 cm³/mol. The Kier molecular flexibility index (Phi) is 4.58. The Bertz CT molecular complexity index is 528. The predicted octanol–water partition coefficient (Wildman–Crippen LogP) is 2.21. The summed E-state index contributed by atoms with van der Waals surface area (Å²) >= 11 is 5.07. The highest BCUT2D eigenvalue weighted by molar-refractivity contribution is 9.10. The molecule has 0 radical (unpaired) electrons. The van der Waals surface area contributed by atoms with Gasteiger partial charge in [-0.1, -0.05) is 15.9 Å². The van der Waals surface area contributed by atoms with E-state index in [1.165, 1.54) is 6.07 Å². The number of nitrogens with one attached hydrogen (secondary N) is 1. The van der Waals surface area contributed by atoms with Gasteiger partial charge in [0.15, 0.2) is 0 Å². The van der Waals surface area contributed by atoms with Gasteiger partial charge in [-0.05, 0) is 36.8 Å². The summed E-state index contributed by atoms with van der Waals surface area (Å²) in [5.41, 5.74) is 5.98. The minimum Gasteiger partial charge on any atom is -0.398 e.